The summed E-state index contributed by atoms with van der Waals surface area (Å²) in [5, 5.41) is 2.73. The summed E-state index contributed by atoms with van der Waals surface area (Å²) in [4.78, 5) is 0. The first kappa shape index (κ1) is 23.7. The molecule has 29 heavy (non-hydrogen) atoms. The molecule has 0 heteroatoms. The first-order chi connectivity index (χ1) is 14.4. The normalized spacial score (nSPS) is 11.6. The topological polar surface area (TPSA) is 0 Å². The van der Waals surface area contributed by atoms with Crippen LogP contribution in [0.4, 0.5) is 0 Å². The van der Waals surface area contributed by atoms with Gasteiger partial charge in [0.05, 0.1) is 0 Å². The number of hydrogen-bond acceptors (Lipinski definition) is 0. The van der Waals surface area contributed by atoms with Crippen molar-refractivity contribution in [2.75, 3.05) is 0 Å². The van der Waals surface area contributed by atoms with Crippen LogP contribution in [0.5, 0.6) is 0 Å². The minimum Gasteiger partial charge on any atom is -0.0885 e. The Morgan fingerprint density at radius 1 is 0.552 bits per heavy atom. The Hall–Kier alpha value is -1.56. The van der Waals surface area contributed by atoms with E-state index in [-0.39, 0.29) is 0 Å². The summed E-state index contributed by atoms with van der Waals surface area (Å²) in [6.45, 7) is 2.29. The molecule has 0 spiro atoms. The van der Waals surface area contributed by atoms with Gasteiger partial charge in [0.1, 0.15) is 0 Å². The molecule has 0 fully saturated rings. The minimum atomic E-state index is 1.22. The van der Waals surface area contributed by atoms with E-state index in [9.17, 15) is 0 Å². The van der Waals surface area contributed by atoms with Gasteiger partial charge in [-0.2, -0.15) is 0 Å². The monoisotopic (exact) mass is 392 g/mol. The molecule has 0 saturated carbocycles. The van der Waals surface area contributed by atoms with Crippen LogP contribution in [0.25, 0.3) is 10.8 Å². The van der Waals surface area contributed by atoms with Crippen LogP contribution in [0.15, 0.2) is 54.6 Å². The van der Waals surface area contributed by atoms with Gasteiger partial charge in [-0.3, -0.25) is 0 Å². The van der Waals surface area contributed by atoms with Crippen molar-refractivity contribution in [1.82, 2.24) is 0 Å². The summed E-state index contributed by atoms with van der Waals surface area (Å²) >= 11 is 0. The molecular weight excluding hydrogens is 348 g/mol. The second kappa shape index (κ2) is 16.3. The fraction of sp³-hybridized carbons (Fsp3) is 0.586. The van der Waals surface area contributed by atoms with Crippen molar-refractivity contribution in [3.05, 3.63) is 60.2 Å². The maximum absolute atomic E-state index is 2.43. The van der Waals surface area contributed by atoms with Crippen molar-refractivity contribution in [3.63, 3.8) is 0 Å². The van der Waals surface area contributed by atoms with Gasteiger partial charge in [0, 0.05) is 0 Å². The molecule has 0 aliphatic rings. The number of benzene rings is 2. The molecule has 0 nitrogen and oxygen atoms in total. The number of fused-ring (bicyclic) bond motifs is 1. The van der Waals surface area contributed by atoms with Crippen LogP contribution in [-0.4, -0.2) is 0 Å². The summed E-state index contributed by atoms with van der Waals surface area (Å²) in [5.74, 6) is 0. The van der Waals surface area contributed by atoms with E-state index in [4.69, 9.17) is 0 Å². The summed E-state index contributed by atoms with van der Waals surface area (Å²) in [6.07, 6.45) is 26.9. The lowest BCUT2D eigenvalue weighted by Gasteiger charge is -2.04. The molecule has 0 bridgehead atoms. The summed E-state index contributed by atoms with van der Waals surface area (Å²) in [6, 6.07) is 15.6. The average Bonchev–Trinajstić information content (AvgIpc) is 2.76. The third kappa shape index (κ3) is 11.3. The van der Waals surface area contributed by atoms with Crippen LogP contribution in [0, 0.1) is 0 Å². The van der Waals surface area contributed by atoms with E-state index in [2.05, 4.69) is 61.5 Å². The quantitative estimate of drug-likeness (QED) is 0.185. The van der Waals surface area contributed by atoms with Gasteiger partial charge in [-0.1, -0.05) is 126 Å². The molecule has 2 rings (SSSR count). The molecule has 0 aliphatic carbocycles. The van der Waals surface area contributed by atoms with E-state index in [1.807, 2.05) is 0 Å². The van der Waals surface area contributed by atoms with Gasteiger partial charge < -0.3 is 0 Å². The van der Waals surface area contributed by atoms with E-state index < -0.39 is 0 Å². The Balaban J connectivity index is 1.37. The molecule has 0 unspecified atom stereocenters. The lowest BCUT2D eigenvalue weighted by molar-refractivity contribution is 0.566. The molecule has 0 saturated heterocycles. The van der Waals surface area contributed by atoms with Crippen molar-refractivity contribution in [2.45, 2.75) is 110 Å². The Kier molecular flexibility index (Phi) is 13.3. The molecule has 0 aliphatic heterocycles. The molecule has 0 amide bonds. The maximum Gasteiger partial charge on any atom is -0.0181 e. The largest absolute Gasteiger partial charge is 0.0885 e. The van der Waals surface area contributed by atoms with Crippen LogP contribution >= 0.6 is 0 Å². The van der Waals surface area contributed by atoms with Crippen molar-refractivity contribution in [2.24, 2.45) is 0 Å². The van der Waals surface area contributed by atoms with Gasteiger partial charge in [0.2, 0.25) is 0 Å². The highest BCUT2D eigenvalue weighted by Crippen LogP contribution is 2.17. The van der Waals surface area contributed by atoms with Crippen LogP contribution in [0.3, 0.4) is 0 Å². The molecule has 2 aromatic carbocycles. The van der Waals surface area contributed by atoms with E-state index in [1.165, 1.54) is 119 Å². The molecule has 160 valence electrons. The predicted molar refractivity (Wildman–Crippen MR) is 132 cm³/mol. The average molecular weight is 393 g/mol. The molecule has 0 atom stereocenters. The van der Waals surface area contributed by atoms with Crippen molar-refractivity contribution in [1.29, 1.82) is 0 Å². The highest BCUT2D eigenvalue weighted by Gasteiger charge is 1.97. The smallest absolute Gasteiger partial charge is 0.0181 e. The van der Waals surface area contributed by atoms with E-state index >= 15 is 0 Å². The van der Waals surface area contributed by atoms with Crippen LogP contribution in [0.2, 0.25) is 0 Å². The number of allylic oxidation sites excluding steroid dienone is 2. The van der Waals surface area contributed by atoms with Crippen molar-refractivity contribution >= 4 is 10.8 Å². The third-order valence-corrected chi connectivity index (χ3v) is 6.04. The van der Waals surface area contributed by atoms with Crippen LogP contribution in [-0.2, 0) is 6.42 Å². The first-order valence-corrected chi connectivity index (χ1v) is 12.5. The van der Waals surface area contributed by atoms with E-state index in [0.29, 0.717) is 0 Å². The molecule has 0 N–H and O–H groups in total. The molecule has 0 heterocycles. The van der Waals surface area contributed by atoms with Gasteiger partial charge >= 0.3 is 0 Å². The molecule has 0 radical (unpaired) electrons. The van der Waals surface area contributed by atoms with E-state index in [0.717, 1.165) is 0 Å². The van der Waals surface area contributed by atoms with Crippen LogP contribution in [0.1, 0.15) is 109 Å². The molecule has 2 aromatic rings. The highest BCUT2D eigenvalue weighted by atomic mass is 14.0. The maximum atomic E-state index is 2.43. The Morgan fingerprint density at radius 3 is 1.76 bits per heavy atom. The number of hydrogen-bond donors (Lipinski definition) is 0. The molecule has 0 aromatic heterocycles. The predicted octanol–water partition coefficient (Wildman–Crippen LogP) is 9.81. The zero-order valence-electron chi connectivity index (χ0n) is 19.0. The number of unbranched alkanes of at least 4 members (excludes halogenated alkanes) is 13. The van der Waals surface area contributed by atoms with Gasteiger partial charge in [-0.25, -0.2) is 0 Å². The summed E-state index contributed by atoms with van der Waals surface area (Å²) in [5.41, 5.74) is 1.49. The van der Waals surface area contributed by atoms with E-state index in [1.54, 1.807) is 0 Å². The SMILES string of the molecule is CCCCCCCCCCC/C=C/CCCCCCc1ccc2ccccc2c1. The van der Waals surface area contributed by atoms with Crippen molar-refractivity contribution < 1.29 is 0 Å². The highest BCUT2D eigenvalue weighted by molar-refractivity contribution is 5.82. The summed E-state index contributed by atoms with van der Waals surface area (Å²) < 4.78 is 0. The fourth-order valence-electron chi connectivity index (χ4n) is 4.15. The zero-order chi connectivity index (χ0) is 20.4. The van der Waals surface area contributed by atoms with Crippen LogP contribution < -0.4 is 0 Å². The van der Waals surface area contributed by atoms with Gasteiger partial charge in [0.25, 0.3) is 0 Å². The summed E-state index contributed by atoms with van der Waals surface area (Å²) in [7, 11) is 0. The Bertz CT molecular complexity index is 667. The van der Waals surface area contributed by atoms with Gasteiger partial charge in [-0.15, -0.1) is 0 Å². The third-order valence-electron chi connectivity index (χ3n) is 6.04. The fourth-order valence-corrected chi connectivity index (χ4v) is 4.15. The molecular formula is C29H44. The Labute approximate surface area is 180 Å². The Morgan fingerprint density at radius 2 is 1.10 bits per heavy atom. The van der Waals surface area contributed by atoms with Gasteiger partial charge in [0.15, 0.2) is 0 Å². The van der Waals surface area contributed by atoms with Gasteiger partial charge in [-0.05, 0) is 54.9 Å². The van der Waals surface area contributed by atoms with Crippen molar-refractivity contribution in [3.8, 4) is 0 Å². The lowest BCUT2D eigenvalue weighted by atomic mass is 10.0. The lowest BCUT2D eigenvalue weighted by Crippen LogP contribution is -1.86. The number of rotatable bonds is 17. The first-order valence-electron chi connectivity index (χ1n) is 12.5. The second-order valence-corrected chi connectivity index (χ2v) is 8.72. The standard InChI is InChI=1S/C29H44/c1-2-3-4-5-6-7-8-9-10-11-12-13-14-15-16-17-18-21-27-24-25-28-22-19-20-23-29(28)26-27/h12-13,19-20,22-26H,2-11,14-18,21H2,1H3/b13-12+. The zero-order valence-corrected chi connectivity index (χ0v) is 19.0. The minimum absolute atomic E-state index is 1.22. The number of aryl methyl sites for hydroxylation is 1. The second-order valence-electron chi connectivity index (χ2n) is 8.72.